The lowest BCUT2D eigenvalue weighted by atomic mass is 10.1. The topological polar surface area (TPSA) is 67.4 Å². The molecule has 7 heteroatoms. The molecular formula is C16H14ClFN2O3. The number of benzene rings is 2. The zero-order valence-electron chi connectivity index (χ0n) is 12.2. The van der Waals surface area contributed by atoms with Crippen LogP contribution in [-0.4, -0.2) is 19.0 Å². The molecule has 2 N–H and O–H groups in total. The van der Waals surface area contributed by atoms with Crippen molar-refractivity contribution in [3.63, 3.8) is 0 Å². The molecular weight excluding hydrogens is 323 g/mol. The van der Waals surface area contributed by atoms with Crippen LogP contribution in [0.3, 0.4) is 0 Å². The number of imide groups is 1. The van der Waals surface area contributed by atoms with Crippen molar-refractivity contribution in [2.45, 2.75) is 6.10 Å². The molecule has 3 amide bonds. The fourth-order valence-electron chi connectivity index (χ4n) is 1.84. The summed E-state index contributed by atoms with van der Waals surface area (Å²) in [6.45, 7) is 0. The Morgan fingerprint density at radius 1 is 1.17 bits per heavy atom. The van der Waals surface area contributed by atoms with E-state index < -0.39 is 23.9 Å². The third kappa shape index (κ3) is 4.43. The highest BCUT2D eigenvalue weighted by Crippen LogP contribution is 2.29. The van der Waals surface area contributed by atoms with E-state index in [4.69, 9.17) is 16.3 Å². The Balaban J connectivity index is 2.30. The van der Waals surface area contributed by atoms with Gasteiger partial charge < -0.3 is 10.1 Å². The van der Waals surface area contributed by atoms with Crippen LogP contribution in [0.15, 0.2) is 48.5 Å². The van der Waals surface area contributed by atoms with E-state index in [0.29, 0.717) is 5.56 Å². The van der Waals surface area contributed by atoms with Gasteiger partial charge in [-0.2, -0.15) is 0 Å². The first-order chi connectivity index (χ1) is 11.0. The second-order valence-corrected chi connectivity index (χ2v) is 4.96. The van der Waals surface area contributed by atoms with Gasteiger partial charge in [-0.05, 0) is 18.2 Å². The van der Waals surface area contributed by atoms with E-state index >= 15 is 0 Å². The second-order valence-electron chi connectivity index (χ2n) is 4.55. The highest BCUT2D eigenvalue weighted by atomic mass is 35.5. The van der Waals surface area contributed by atoms with Crippen molar-refractivity contribution >= 4 is 23.5 Å². The quantitative estimate of drug-likeness (QED) is 0.901. The van der Waals surface area contributed by atoms with Gasteiger partial charge in [0.2, 0.25) is 6.10 Å². The van der Waals surface area contributed by atoms with E-state index in [1.807, 2.05) is 0 Å². The summed E-state index contributed by atoms with van der Waals surface area (Å²) in [5, 5.41) is 4.46. The van der Waals surface area contributed by atoms with Crippen molar-refractivity contribution in [3.05, 3.63) is 64.9 Å². The van der Waals surface area contributed by atoms with Crippen LogP contribution in [0.5, 0.6) is 5.75 Å². The zero-order valence-corrected chi connectivity index (χ0v) is 12.9. The molecule has 5 nitrogen and oxygen atoms in total. The monoisotopic (exact) mass is 336 g/mol. The predicted octanol–water partition coefficient (Wildman–Crippen LogP) is 3.05. The normalized spacial score (nSPS) is 11.4. The minimum atomic E-state index is -1.11. The molecule has 0 fully saturated rings. The van der Waals surface area contributed by atoms with E-state index in [1.165, 1.54) is 19.2 Å². The first-order valence-corrected chi connectivity index (χ1v) is 7.08. The number of nitrogens with one attached hydrogen (secondary N) is 2. The molecule has 0 saturated carbocycles. The smallest absolute Gasteiger partial charge is 0.321 e. The molecule has 23 heavy (non-hydrogen) atoms. The van der Waals surface area contributed by atoms with Crippen LogP contribution < -0.4 is 15.4 Å². The summed E-state index contributed by atoms with van der Waals surface area (Å²) in [7, 11) is 1.39. The van der Waals surface area contributed by atoms with Gasteiger partial charge in [0.25, 0.3) is 5.91 Å². The summed E-state index contributed by atoms with van der Waals surface area (Å²) in [4.78, 5) is 23.6. The number of hydrogen-bond acceptors (Lipinski definition) is 3. The molecule has 120 valence electrons. The number of ether oxygens (including phenoxy) is 1. The van der Waals surface area contributed by atoms with E-state index in [-0.39, 0.29) is 10.8 Å². The van der Waals surface area contributed by atoms with Gasteiger partial charge in [0.05, 0.1) is 5.02 Å². The molecule has 0 spiro atoms. The molecule has 2 aromatic rings. The highest BCUT2D eigenvalue weighted by Gasteiger charge is 2.25. The molecule has 0 bridgehead atoms. The Hall–Kier alpha value is -2.60. The minimum absolute atomic E-state index is 0.0266. The summed E-state index contributed by atoms with van der Waals surface area (Å²) in [6.07, 6.45) is -1.11. The number of carbonyl (C=O) groups excluding carboxylic acids is 2. The van der Waals surface area contributed by atoms with E-state index in [1.54, 1.807) is 30.3 Å². The number of halogens is 2. The van der Waals surface area contributed by atoms with E-state index in [2.05, 4.69) is 10.6 Å². The average molecular weight is 337 g/mol. The molecule has 0 saturated heterocycles. The fraction of sp³-hybridized carbons (Fsp3) is 0.125. The molecule has 2 aromatic carbocycles. The van der Waals surface area contributed by atoms with Crippen LogP contribution >= 0.6 is 11.6 Å². The summed E-state index contributed by atoms with van der Waals surface area (Å²) < 4.78 is 18.7. The number of amides is 3. The Morgan fingerprint density at radius 2 is 1.87 bits per heavy atom. The second kappa shape index (κ2) is 7.60. The van der Waals surface area contributed by atoms with Crippen molar-refractivity contribution in [2.24, 2.45) is 0 Å². The standard InChI is InChI=1S/C16H14ClFN2O3/c1-19-16(22)20-15(21)14(10-5-3-2-4-6-10)23-13-8-7-11(18)9-12(13)17/h2-9,14H,1H3,(H2,19,20,21,22)/t14-/m1/s1. The zero-order chi connectivity index (χ0) is 16.8. The van der Waals surface area contributed by atoms with Gasteiger partial charge in [0.15, 0.2) is 0 Å². The Bertz CT molecular complexity index is 710. The fourth-order valence-corrected chi connectivity index (χ4v) is 2.05. The predicted molar refractivity (Wildman–Crippen MR) is 83.8 cm³/mol. The van der Waals surface area contributed by atoms with Crippen LogP contribution in [0, 0.1) is 5.82 Å². The number of carbonyl (C=O) groups is 2. The van der Waals surface area contributed by atoms with Crippen molar-refractivity contribution < 1.29 is 18.7 Å². The van der Waals surface area contributed by atoms with Crippen molar-refractivity contribution in [2.75, 3.05) is 7.05 Å². The van der Waals surface area contributed by atoms with E-state index in [0.717, 1.165) is 6.07 Å². The van der Waals surface area contributed by atoms with Gasteiger partial charge in [-0.25, -0.2) is 9.18 Å². The van der Waals surface area contributed by atoms with Crippen molar-refractivity contribution in [1.29, 1.82) is 0 Å². The van der Waals surface area contributed by atoms with Crippen molar-refractivity contribution in [1.82, 2.24) is 10.6 Å². The summed E-state index contributed by atoms with van der Waals surface area (Å²) >= 11 is 5.92. The van der Waals surface area contributed by atoms with Gasteiger partial charge >= 0.3 is 6.03 Å². The molecule has 0 aliphatic heterocycles. The molecule has 0 aliphatic carbocycles. The molecule has 0 aliphatic rings. The van der Waals surface area contributed by atoms with Gasteiger partial charge in [0, 0.05) is 12.6 Å². The van der Waals surface area contributed by atoms with E-state index in [9.17, 15) is 14.0 Å². The van der Waals surface area contributed by atoms with Gasteiger partial charge in [-0.15, -0.1) is 0 Å². The number of urea groups is 1. The molecule has 0 aromatic heterocycles. The van der Waals surface area contributed by atoms with Gasteiger partial charge in [-0.1, -0.05) is 41.9 Å². The van der Waals surface area contributed by atoms with Gasteiger partial charge in [0.1, 0.15) is 11.6 Å². The maximum Gasteiger partial charge on any atom is 0.321 e. The lowest BCUT2D eigenvalue weighted by Crippen LogP contribution is -2.41. The third-order valence-electron chi connectivity index (χ3n) is 2.94. The lowest BCUT2D eigenvalue weighted by molar-refractivity contribution is -0.127. The molecule has 1 atom stereocenters. The van der Waals surface area contributed by atoms with Crippen LogP contribution in [0.4, 0.5) is 9.18 Å². The molecule has 0 radical (unpaired) electrons. The Kier molecular flexibility index (Phi) is 5.54. The average Bonchev–Trinajstić information content (AvgIpc) is 2.54. The SMILES string of the molecule is CNC(=O)NC(=O)[C@H](Oc1ccc(F)cc1Cl)c1ccccc1. The largest absolute Gasteiger partial charge is 0.474 e. The summed E-state index contributed by atoms with van der Waals surface area (Å²) in [5.74, 6) is -1.06. The molecule has 0 unspecified atom stereocenters. The number of rotatable bonds is 4. The maximum absolute atomic E-state index is 13.1. The Labute approximate surface area is 137 Å². The number of hydrogen-bond donors (Lipinski definition) is 2. The summed E-state index contributed by atoms with van der Waals surface area (Å²) in [5.41, 5.74) is 0.522. The Morgan fingerprint density at radius 3 is 2.48 bits per heavy atom. The molecule has 0 heterocycles. The van der Waals surface area contributed by atoms with Crippen LogP contribution in [0.25, 0.3) is 0 Å². The first kappa shape index (κ1) is 16.8. The first-order valence-electron chi connectivity index (χ1n) is 6.70. The molecule has 2 rings (SSSR count). The van der Waals surface area contributed by atoms with Crippen LogP contribution in [0.1, 0.15) is 11.7 Å². The van der Waals surface area contributed by atoms with Crippen LogP contribution in [-0.2, 0) is 4.79 Å². The van der Waals surface area contributed by atoms with Crippen molar-refractivity contribution in [3.8, 4) is 5.75 Å². The lowest BCUT2D eigenvalue weighted by Gasteiger charge is -2.19. The maximum atomic E-state index is 13.1. The minimum Gasteiger partial charge on any atom is -0.474 e. The van der Waals surface area contributed by atoms with Crippen LogP contribution in [0.2, 0.25) is 5.02 Å². The summed E-state index contributed by atoms with van der Waals surface area (Å²) in [6, 6.07) is 11.5. The van der Waals surface area contributed by atoms with Gasteiger partial charge in [-0.3, -0.25) is 10.1 Å². The highest BCUT2D eigenvalue weighted by molar-refractivity contribution is 6.32. The third-order valence-corrected chi connectivity index (χ3v) is 3.24.